The average Bonchev–Trinajstić information content (AvgIpc) is 3.39. The van der Waals surface area contributed by atoms with Gasteiger partial charge in [-0.25, -0.2) is 0 Å². The number of likely N-dealkylation sites (tertiary alicyclic amines) is 2. The number of nitriles is 1. The molecule has 0 radical (unpaired) electrons. The number of anilines is 1. The van der Waals surface area contributed by atoms with Gasteiger partial charge in [0.1, 0.15) is 6.04 Å². The van der Waals surface area contributed by atoms with Crippen LogP contribution in [0.1, 0.15) is 25.7 Å². The Bertz CT molecular complexity index is 925. The molecule has 2 saturated heterocycles. The number of benzene rings is 1. The van der Waals surface area contributed by atoms with Gasteiger partial charge in [-0.2, -0.15) is 5.26 Å². The molecule has 5 rings (SSSR count). The predicted molar refractivity (Wildman–Crippen MR) is 108 cm³/mol. The molecule has 2 aliphatic heterocycles. The average molecular weight is 375 g/mol. The highest BCUT2D eigenvalue weighted by atomic mass is 16.2. The Hall–Kier alpha value is -2.65. The quantitative estimate of drug-likeness (QED) is 0.889. The lowest BCUT2D eigenvalue weighted by Gasteiger charge is -2.34. The Morgan fingerprint density at radius 3 is 2.89 bits per heavy atom. The molecule has 2 aromatic rings. The van der Waals surface area contributed by atoms with Crippen LogP contribution in [0.5, 0.6) is 0 Å². The van der Waals surface area contributed by atoms with Crippen molar-refractivity contribution in [1.29, 1.82) is 5.26 Å². The van der Waals surface area contributed by atoms with Crippen LogP contribution in [0.25, 0.3) is 10.9 Å². The first-order chi connectivity index (χ1) is 13.7. The Kier molecular flexibility index (Phi) is 4.40. The Morgan fingerprint density at radius 1 is 1.21 bits per heavy atom. The van der Waals surface area contributed by atoms with Crippen molar-refractivity contribution in [2.24, 2.45) is 5.92 Å². The zero-order chi connectivity index (χ0) is 19.1. The van der Waals surface area contributed by atoms with E-state index in [1.54, 1.807) is 0 Å². The zero-order valence-electron chi connectivity index (χ0n) is 15.9. The van der Waals surface area contributed by atoms with Gasteiger partial charge in [0, 0.05) is 42.4 Å². The van der Waals surface area contributed by atoms with E-state index in [0.29, 0.717) is 24.5 Å². The number of pyridine rings is 1. The van der Waals surface area contributed by atoms with E-state index in [-0.39, 0.29) is 11.9 Å². The van der Waals surface area contributed by atoms with Gasteiger partial charge >= 0.3 is 0 Å². The second kappa shape index (κ2) is 7.06. The van der Waals surface area contributed by atoms with Crippen molar-refractivity contribution in [1.82, 2.24) is 14.8 Å². The van der Waals surface area contributed by atoms with Crippen LogP contribution in [0, 0.1) is 17.2 Å². The van der Waals surface area contributed by atoms with Crippen LogP contribution in [0.2, 0.25) is 0 Å². The van der Waals surface area contributed by atoms with Crippen LogP contribution in [-0.2, 0) is 4.79 Å². The monoisotopic (exact) mass is 375 g/mol. The summed E-state index contributed by atoms with van der Waals surface area (Å²) >= 11 is 0. The van der Waals surface area contributed by atoms with Crippen LogP contribution in [0.15, 0.2) is 36.5 Å². The van der Waals surface area contributed by atoms with E-state index in [0.717, 1.165) is 55.4 Å². The van der Waals surface area contributed by atoms with Crippen molar-refractivity contribution in [3.05, 3.63) is 36.5 Å². The fourth-order valence-corrected chi connectivity index (χ4v) is 4.89. The topological polar surface area (TPSA) is 72.3 Å². The van der Waals surface area contributed by atoms with Gasteiger partial charge < -0.3 is 10.2 Å². The number of carbonyl (C=O) groups excluding carboxylic acids is 1. The van der Waals surface area contributed by atoms with E-state index < -0.39 is 0 Å². The molecule has 0 bridgehead atoms. The van der Waals surface area contributed by atoms with Gasteiger partial charge in [0.15, 0.2) is 0 Å². The molecule has 3 atom stereocenters. The number of nitrogens with zero attached hydrogens (tertiary/aromatic N) is 4. The summed E-state index contributed by atoms with van der Waals surface area (Å²) in [7, 11) is 0. The van der Waals surface area contributed by atoms with E-state index in [9.17, 15) is 10.1 Å². The van der Waals surface area contributed by atoms with Crippen LogP contribution in [0.4, 0.5) is 5.69 Å². The lowest BCUT2D eigenvalue weighted by molar-refractivity contribution is -0.133. The van der Waals surface area contributed by atoms with Gasteiger partial charge in [-0.15, -0.1) is 0 Å². The summed E-state index contributed by atoms with van der Waals surface area (Å²) in [5.41, 5.74) is 2.14. The number of aromatic nitrogens is 1. The maximum atomic E-state index is 12.7. The normalized spacial score (nSPS) is 27.4. The van der Waals surface area contributed by atoms with Gasteiger partial charge in [-0.05, 0) is 55.9 Å². The van der Waals surface area contributed by atoms with E-state index in [4.69, 9.17) is 0 Å². The summed E-state index contributed by atoms with van der Waals surface area (Å²) < 4.78 is 0. The summed E-state index contributed by atoms with van der Waals surface area (Å²) in [6, 6.07) is 13.1. The van der Waals surface area contributed by atoms with Crippen LogP contribution in [-0.4, -0.2) is 58.5 Å². The Balaban J connectivity index is 1.17. The molecule has 6 heteroatoms. The number of piperidine rings is 2. The SMILES string of the molecule is N#CC1CC2CC2N1C(=O)CN1CCC(Nc2cccc3ncccc23)CC1. The minimum absolute atomic E-state index is 0.142. The summed E-state index contributed by atoms with van der Waals surface area (Å²) in [4.78, 5) is 21.3. The summed E-state index contributed by atoms with van der Waals surface area (Å²) in [5.74, 6) is 0.724. The molecule has 3 aliphatic rings. The van der Waals surface area contributed by atoms with Crippen molar-refractivity contribution < 1.29 is 4.79 Å². The molecule has 1 aliphatic carbocycles. The summed E-state index contributed by atoms with van der Waals surface area (Å²) in [6.07, 6.45) is 5.81. The molecule has 144 valence electrons. The van der Waals surface area contributed by atoms with Crippen molar-refractivity contribution >= 4 is 22.5 Å². The van der Waals surface area contributed by atoms with E-state index in [2.05, 4.69) is 33.4 Å². The number of amides is 1. The summed E-state index contributed by atoms with van der Waals surface area (Å²) in [6.45, 7) is 2.27. The standard InChI is InChI=1S/C22H25N5O/c23-13-17-11-15-12-21(15)27(17)22(28)14-26-9-6-16(7-10-26)25-20-5-1-4-19-18(20)3-2-8-24-19/h1-5,8,15-17,21,25H,6-7,9-12,14H2. The smallest absolute Gasteiger partial charge is 0.238 e. The minimum atomic E-state index is -0.199. The number of fused-ring (bicyclic) bond motifs is 2. The molecule has 3 unspecified atom stereocenters. The molecule has 1 aromatic carbocycles. The van der Waals surface area contributed by atoms with Crippen molar-refractivity contribution in [3.8, 4) is 6.07 Å². The molecule has 0 spiro atoms. The third-order valence-corrected chi connectivity index (χ3v) is 6.49. The van der Waals surface area contributed by atoms with Crippen LogP contribution in [0.3, 0.4) is 0 Å². The van der Waals surface area contributed by atoms with Gasteiger partial charge in [0.2, 0.25) is 5.91 Å². The predicted octanol–water partition coefficient (Wildman–Crippen LogP) is 2.62. The van der Waals surface area contributed by atoms with Crippen LogP contribution >= 0.6 is 0 Å². The summed E-state index contributed by atoms with van der Waals surface area (Å²) in [5, 5.41) is 14.1. The first-order valence-corrected chi connectivity index (χ1v) is 10.3. The second-order valence-electron chi connectivity index (χ2n) is 8.32. The van der Waals surface area contributed by atoms with Crippen molar-refractivity contribution in [2.45, 2.75) is 43.8 Å². The van der Waals surface area contributed by atoms with E-state index >= 15 is 0 Å². The second-order valence-corrected chi connectivity index (χ2v) is 8.32. The lowest BCUT2D eigenvalue weighted by atomic mass is 10.0. The number of hydrogen-bond acceptors (Lipinski definition) is 5. The number of hydrogen-bond donors (Lipinski definition) is 1. The third-order valence-electron chi connectivity index (χ3n) is 6.49. The molecule has 3 fully saturated rings. The fraction of sp³-hybridized carbons (Fsp3) is 0.500. The maximum Gasteiger partial charge on any atom is 0.238 e. The van der Waals surface area contributed by atoms with Gasteiger partial charge in [-0.1, -0.05) is 6.07 Å². The highest BCUT2D eigenvalue weighted by Gasteiger charge is 2.54. The molecule has 1 amide bonds. The molecule has 1 aromatic heterocycles. The molecule has 28 heavy (non-hydrogen) atoms. The van der Waals surface area contributed by atoms with Gasteiger partial charge in [-0.3, -0.25) is 14.7 Å². The maximum absolute atomic E-state index is 12.7. The molecule has 1 saturated carbocycles. The van der Waals surface area contributed by atoms with Crippen molar-refractivity contribution in [2.75, 3.05) is 25.0 Å². The van der Waals surface area contributed by atoms with Gasteiger partial charge in [0.25, 0.3) is 0 Å². The largest absolute Gasteiger partial charge is 0.382 e. The first kappa shape index (κ1) is 17.4. The zero-order valence-corrected chi connectivity index (χ0v) is 15.9. The Labute approximate surface area is 165 Å². The highest BCUT2D eigenvalue weighted by Crippen LogP contribution is 2.47. The molecule has 1 N–H and O–H groups in total. The Morgan fingerprint density at radius 2 is 2.07 bits per heavy atom. The fourth-order valence-electron chi connectivity index (χ4n) is 4.89. The number of carbonyl (C=O) groups is 1. The third kappa shape index (κ3) is 3.20. The van der Waals surface area contributed by atoms with E-state index in [1.807, 2.05) is 29.3 Å². The number of nitrogens with one attached hydrogen (secondary N) is 1. The first-order valence-electron chi connectivity index (χ1n) is 10.3. The van der Waals surface area contributed by atoms with Gasteiger partial charge in [0.05, 0.1) is 18.1 Å². The van der Waals surface area contributed by atoms with Crippen molar-refractivity contribution in [3.63, 3.8) is 0 Å². The van der Waals surface area contributed by atoms with Crippen LogP contribution < -0.4 is 5.32 Å². The molecule has 6 nitrogen and oxygen atoms in total. The minimum Gasteiger partial charge on any atom is -0.382 e. The number of rotatable bonds is 4. The highest BCUT2D eigenvalue weighted by molar-refractivity contribution is 5.91. The lowest BCUT2D eigenvalue weighted by Crippen LogP contribution is -2.47. The molecular formula is C22H25N5O. The molecule has 3 heterocycles. The molecular weight excluding hydrogens is 350 g/mol. The van der Waals surface area contributed by atoms with E-state index in [1.165, 1.54) is 0 Å².